The van der Waals surface area contributed by atoms with Crippen molar-refractivity contribution < 1.29 is 9.59 Å². The molecule has 0 aromatic rings. The second-order valence-corrected chi connectivity index (χ2v) is 3.96. The van der Waals surface area contributed by atoms with Crippen molar-refractivity contribution in [3.8, 4) is 0 Å². The summed E-state index contributed by atoms with van der Waals surface area (Å²) in [5.74, 6) is -0.501. The third-order valence-corrected chi connectivity index (χ3v) is 2.14. The maximum absolute atomic E-state index is 11.4. The van der Waals surface area contributed by atoms with Gasteiger partial charge in [0.2, 0.25) is 11.8 Å². The molecule has 2 amide bonds. The average molecular weight is 231 g/mol. The van der Waals surface area contributed by atoms with Crippen molar-refractivity contribution in [2.24, 2.45) is 11.7 Å². The van der Waals surface area contributed by atoms with E-state index in [4.69, 9.17) is 5.73 Å². The first-order valence-corrected chi connectivity index (χ1v) is 5.03. The summed E-state index contributed by atoms with van der Waals surface area (Å²) in [6, 6.07) is 0. The first-order valence-electron chi connectivity index (χ1n) is 4.62. The molecule has 0 rings (SSSR count). The van der Waals surface area contributed by atoms with Gasteiger partial charge in [-0.3, -0.25) is 9.59 Å². The molecule has 0 bridgehead atoms. The van der Waals surface area contributed by atoms with Gasteiger partial charge in [0.25, 0.3) is 0 Å². The van der Waals surface area contributed by atoms with E-state index >= 15 is 0 Å². The highest BCUT2D eigenvalue weighted by Crippen LogP contribution is 2.00. The Morgan fingerprint density at radius 1 is 1.53 bits per heavy atom. The molecule has 1 atom stereocenters. The Kier molecular flexibility index (Phi) is 5.84. The quantitative estimate of drug-likeness (QED) is 0.626. The van der Waals surface area contributed by atoms with Crippen molar-refractivity contribution in [1.29, 1.82) is 0 Å². The van der Waals surface area contributed by atoms with Crippen LogP contribution in [-0.4, -0.2) is 42.3 Å². The monoisotopic (exact) mass is 231 g/mol. The zero-order valence-electron chi connectivity index (χ0n) is 9.24. The third kappa shape index (κ3) is 5.31. The van der Waals surface area contributed by atoms with Crippen LogP contribution in [0.5, 0.6) is 0 Å². The molecule has 5 nitrogen and oxygen atoms in total. The summed E-state index contributed by atoms with van der Waals surface area (Å²) in [6.07, 6.45) is 0.0479. The van der Waals surface area contributed by atoms with Gasteiger partial charge in [0, 0.05) is 20.6 Å². The number of thiocarbonyl (C=S) groups is 1. The Morgan fingerprint density at radius 3 is 2.47 bits per heavy atom. The number of amides is 2. The van der Waals surface area contributed by atoms with E-state index in [-0.39, 0.29) is 29.1 Å². The van der Waals surface area contributed by atoms with Crippen molar-refractivity contribution in [1.82, 2.24) is 10.2 Å². The van der Waals surface area contributed by atoms with Crippen molar-refractivity contribution in [2.45, 2.75) is 13.3 Å². The fourth-order valence-corrected chi connectivity index (χ4v) is 1.25. The summed E-state index contributed by atoms with van der Waals surface area (Å²) in [5.41, 5.74) is 5.25. The van der Waals surface area contributed by atoms with Crippen LogP contribution >= 0.6 is 12.2 Å². The topological polar surface area (TPSA) is 75.4 Å². The lowest BCUT2D eigenvalue weighted by molar-refractivity contribution is -0.130. The van der Waals surface area contributed by atoms with Crippen LogP contribution < -0.4 is 11.1 Å². The second kappa shape index (κ2) is 6.34. The number of hydrogen-bond donors (Lipinski definition) is 2. The van der Waals surface area contributed by atoms with Crippen molar-refractivity contribution in [2.75, 3.05) is 20.6 Å². The molecule has 0 heterocycles. The van der Waals surface area contributed by atoms with E-state index in [9.17, 15) is 9.59 Å². The minimum atomic E-state index is -0.240. The highest BCUT2D eigenvalue weighted by molar-refractivity contribution is 7.80. The molecule has 0 radical (unpaired) electrons. The molecule has 1 unspecified atom stereocenters. The first-order chi connectivity index (χ1) is 6.88. The maximum atomic E-state index is 11.4. The van der Waals surface area contributed by atoms with Crippen molar-refractivity contribution >= 4 is 29.0 Å². The number of carbonyl (C=O) groups is 2. The van der Waals surface area contributed by atoms with Gasteiger partial charge in [-0.15, -0.1) is 0 Å². The zero-order chi connectivity index (χ0) is 12.0. The average Bonchev–Trinajstić information content (AvgIpc) is 2.15. The van der Waals surface area contributed by atoms with Crippen LogP contribution in [0.25, 0.3) is 0 Å². The molecule has 0 saturated carbocycles. The molecule has 0 aliphatic heterocycles. The van der Waals surface area contributed by atoms with Gasteiger partial charge >= 0.3 is 0 Å². The van der Waals surface area contributed by atoms with E-state index in [2.05, 4.69) is 17.5 Å². The molecular formula is C9H17N3O2S. The first kappa shape index (κ1) is 13.8. The maximum Gasteiger partial charge on any atom is 0.229 e. The number of rotatable bonds is 5. The molecule has 15 heavy (non-hydrogen) atoms. The van der Waals surface area contributed by atoms with Crippen molar-refractivity contribution in [3.05, 3.63) is 0 Å². The van der Waals surface area contributed by atoms with Gasteiger partial charge in [0.05, 0.1) is 17.3 Å². The summed E-state index contributed by atoms with van der Waals surface area (Å²) in [6.45, 7) is 2.12. The molecule has 0 saturated heterocycles. The van der Waals surface area contributed by atoms with E-state index in [1.807, 2.05) is 0 Å². The smallest absolute Gasteiger partial charge is 0.229 e. The summed E-state index contributed by atoms with van der Waals surface area (Å²) < 4.78 is 0. The van der Waals surface area contributed by atoms with Gasteiger partial charge in [-0.2, -0.15) is 0 Å². The largest absolute Gasteiger partial charge is 0.393 e. The number of nitrogens with one attached hydrogen (secondary N) is 1. The predicted octanol–water partition coefficient (Wildman–Crippen LogP) is -0.497. The standard InChI is InChI=1S/C9H17N3O2S/c1-6(9(14)11-2)5-12(3)8(13)4-7(10)15/h6H,4-5H2,1-3H3,(H2,10,15)(H,11,14). The zero-order valence-corrected chi connectivity index (χ0v) is 10.1. The third-order valence-electron chi connectivity index (χ3n) is 1.99. The fourth-order valence-electron chi connectivity index (χ4n) is 1.13. The van der Waals surface area contributed by atoms with E-state index in [1.165, 1.54) is 4.90 Å². The van der Waals surface area contributed by atoms with Gasteiger partial charge in [-0.05, 0) is 0 Å². The SMILES string of the molecule is CNC(=O)C(C)CN(C)C(=O)CC(N)=S. The molecule has 0 aliphatic rings. The van der Waals surface area contributed by atoms with Crippen LogP contribution in [0.2, 0.25) is 0 Å². The molecule has 0 spiro atoms. The van der Waals surface area contributed by atoms with Crippen LogP contribution in [0.4, 0.5) is 0 Å². The Morgan fingerprint density at radius 2 is 2.07 bits per heavy atom. The number of nitrogens with two attached hydrogens (primary N) is 1. The molecule has 0 aromatic carbocycles. The minimum Gasteiger partial charge on any atom is -0.393 e. The Hall–Kier alpha value is -1.17. The van der Waals surface area contributed by atoms with Crippen LogP contribution in [0.1, 0.15) is 13.3 Å². The van der Waals surface area contributed by atoms with Crippen molar-refractivity contribution in [3.63, 3.8) is 0 Å². The summed E-state index contributed by atoms with van der Waals surface area (Å²) >= 11 is 4.63. The molecule has 0 fully saturated rings. The Bertz CT molecular complexity index is 268. The van der Waals surface area contributed by atoms with Gasteiger partial charge in [-0.25, -0.2) is 0 Å². The lowest BCUT2D eigenvalue weighted by Crippen LogP contribution is -2.38. The van der Waals surface area contributed by atoms with Crippen LogP contribution in [0, 0.1) is 5.92 Å². The summed E-state index contributed by atoms with van der Waals surface area (Å²) in [5, 5.41) is 2.52. The second-order valence-electron chi connectivity index (χ2n) is 3.43. The highest BCUT2D eigenvalue weighted by Gasteiger charge is 2.17. The molecule has 86 valence electrons. The lowest BCUT2D eigenvalue weighted by atomic mass is 10.1. The molecule has 6 heteroatoms. The molecule has 0 aromatic heterocycles. The van der Waals surface area contributed by atoms with Gasteiger partial charge in [-0.1, -0.05) is 19.1 Å². The predicted molar refractivity (Wildman–Crippen MR) is 62.3 cm³/mol. The van der Waals surface area contributed by atoms with Gasteiger partial charge in [0.1, 0.15) is 0 Å². The molecule has 0 aliphatic carbocycles. The number of nitrogens with zero attached hydrogens (tertiary/aromatic N) is 1. The lowest BCUT2D eigenvalue weighted by Gasteiger charge is -2.20. The van der Waals surface area contributed by atoms with E-state index in [1.54, 1.807) is 21.0 Å². The Balaban J connectivity index is 4.12. The number of carbonyl (C=O) groups excluding carboxylic acids is 2. The Labute approximate surface area is 95.0 Å². The van der Waals surface area contributed by atoms with Crippen LogP contribution in [-0.2, 0) is 9.59 Å². The van der Waals surface area contributed by atoms with Gasteiger partial charge < -0.3 is 16.0 Å². The summed E-state index contributed by atoms with van der Waals surface area (Å²) in [7, 11) is 3.19. The van der Waals surface area contributed by atoms with Crippen LogP contribution in [0.3, 0.4) is 0 Å². The van der Waals surface area contributed by atoms with E-state index in [0.717, 1.165) is 0 Å². The number of hydrogen-bond acceptors (Lipinski definition) is 3. The van der Waals surface area contributed by atoms with Crippen LogP contribution in [0.15, 0.2) is 0 Å². The molecular weight excluding hydrogens is 214 g/mol. The van der Waals surface area contributed by atoms with E-state index < -0.39 is 0 Å². The molecule has 3 N–H and O–H groups in total. The van der Waals surface area contributed by atoms with E-state index in [0.29, 0.717) is 6.54 Å². The van der Waals surface area contributed by atoms with Gasteiger partial charge in [0.15, 0.2) is 0 Å². The highest BCUT2D eigenvalue weighted by atomic mass is 32.1. The summed E-state index contributed by atoms with van der Waals surface area (Å²) in [4.78, 5) is 24.2. The minimum absolute atomic E-state index is 0.0479. The normalized spacial score (nSPS) is 11.7. The fraction of sp³-hybridized carbons (Fsp3) is 0.667.